The van der Waals surface area contributed by atoms with E-state index in [0.29, 0.717) is 10.5 Å². The Labute approximate surface area is 96.7 Å². The zero-order valence-corrected chi connectivity index (χ0v) is 9.69. The van der Waals surface area contributed by atoms with Gasteiger partial charge in [0, 0.05) is 14.1 Å². The summed E-state index contributed by atoms with van der Waals surface area (Å²) in [5, 5.41) is 3.94. The second-order valence-electron chi connectivity index (χ2n) is 3.55. The van der Waals surface area contributed by atoms with Gasteiger partial charge in [-0.2, -0.15) is 5.10 Å². The Morgan fingerprint density at radius 1 is 1.38 bits per heavy atom. The lowest BCUT2D eigenvalue weighted by Gasteiger charge is -2.00. The Balaban J connectivity index is 2.93. The normalized spacial score (nSPS) is 11.7. The highest BCUT2D eigenvalue weighted by Gasteiger charge is 2.11. The van der Waals surface area contributed by atoms with Crippen LogP contribution in [0, 0.1) is 0 Å². The predicted octanol–water partition coefficient (Wildman–Crippen LogP) is 0.823. The van der Waals surface area contributed by atoms with E-state index >= 15 is 0 Å². The van der Waals surface area contributed by atoms with Gasteiger partial charge in [-0.3, -0.25) is 9.13 Å². The third-order valence-electron chi connectivity index (χ3n) is 2.56. The highest BCUT2D eigenvalue weighted by molar-refractivity contribution is 6.35. The van der Waals surface area contributed by atoms with Crippen molar-refractivity contribution in [3.63, 3.8) is 0 Å². The first-order valence-corrected chi connectivity index (χ1v) is 5.02. The van der Waals surface area contributed by atoms with Crippen molar-refractivity contribution < 1.29 is 0 Å². The molecule has 0 saturated carbocycles. The van der Waals surface area contributed by atoms with Crippen LogP contribution in [-0.4, -0.2) is 15.3 Å². The monoisotopic (exact) mass is 238 g/mol. The fraction of sp³-hybridized carbons (Fsp3) is 0.200. The maximum Gasteiger partial charge on any atom is 0.328 e. The summed E-state index contributed by atoms with van der Waals surface area (Å²) in [5.74, 6) is 5.08. The Morgan fingerprint density at radius 3 is 2.69 bits per heavy atom. The van der Waals surface area contributed by atoms with Gasteiger partial charge in [0.1, 0.15) is 0 Å². The fourth-order valence-corrected chi connectivity index (χ4v) is 2.13. The molecule has 5 nitrogen and oxygen atoms in total. The van der Waals surface area contributed by atoms with Crippen LogP contribution in [0.1, 0.15) is 5.56 Å². The van der Waals surface area contributed by atoms with E-state index in [1.54, 1.807) is 20.2 Å². The van der Waals surface area contributed by atoms with E-state index in [1.165, 1.54) is 15.3 Å². The van der Waals surface area contributed by atoms with E-state index < -0.39 is 0 Å². The van der Waals surface area contributed by atoms with E-state index in [9.17, 15) is 4.79 Å². The molecule has 0 spiro atoms. The first-order valence-electron chi connectivity index (χ1n) is 4.64. The van der Waals surface area contributed by atoms with Gasteiger partial charge in [-0.25, -0.2) is 4.79 Å². The number of hydrogen-bond acceptors (Lipinski definition) is 3. The molecule has 0 aliphatic carbocycles. The van der Waals surface area contributed by atoms with Crippen LogP contribution in [0.2, 0.25) is 5.02 Å². The van der Waals surface area contributed by atoms with Crippen molar-refractivity contribution in [2.24, 2.45) is 25.0 Å². The second-order valence-corrected chi connectivity index (χ2v) is 3.96. The molecule has 1 aromatic carbocycles. The lowest BCUT2D eigenvalue weighted by atomic mass is 10.2. The second kappa shape index (κ2) is 3.68. The molecule has 1 heterocycles. The highest BCUT2D eigenvalue weighted by Crippen LogP contribution is 2.23. The number of nitrogens with two attached hydrogens (primary N) is 1. The largest absolute Gasteiger partial charge is 0.328 e. The zero-order chi connectivity index (χ0) is 11.9. The summed E-state index contributed by atoms with van der Waals surface area (Å²) in [7, 11) is 3.39. The van der Waals surface area contributed by atoms with E-state index in [-0.39, 0.29) is 5.69 Å². The van der Waals surface area contributed by atoms with Crippen molar-refractivity contribution in [2.75, 3.05) is 0 Å². The van der Waals surface area contributed by atoms with Crippen LogP contribution >= 0.6 is 11.6 Å². The number of halogens is 1. The first kappa shape index (κ1) is 10.8. The minimum absolute atomic E-state index is 0.112. The van der Waals surface area contributed by atoms with Crippen LogP contribution in [-0.2, 0) is 14.1 Å². The summed E-state index contributed by atoms with van der Waals surface area (Å²) in [4.78, 5) is 11.7. The van der Waals surface area contributed by atoms with E-state index in [1.807, 2.05) is 6.07 Å². The number of benzene rings is 1. The molecule has 6 heteroatoms. The number of fused-ring (bicyclic) bond motifs is 1. The molecular formula is C10H11ClN4O. The maximum atomic E-state index is 11.7. The van der Waals surface area contributed by atoms with Crippen LogP contribution in [0.4, 0.5) is 0 Å². The van der Waals surface area contributed by atoms with Crippen LogP contribution < -0.4 is 11.5 Å². The number of hydrazone groups is 1. The fourth-order valence-electron chi connectivity index (χ4n) is 1.78. The number of rotatable bonds is 1. The van der Waals surface area contributed by atoms with Crippen molar-refractivity contribution >= 4 is 28.8 Å². The standard InChI is InChI=1S/C10H11ClN4O/c1-14-8-4-6(5-13-12)3-7(11)9(8)15(2)10(14)16/h3-5H,12H2,1-2H3. The quantitative estimate of drug-likeness (QED) is 0.454. The van der Waals surface area contributed by atoms with Gasteiger partial charge in [0.05, 0.1) is 22.3 Å². The summed E-state index contributed by atoms with van der Waals surface area (Å²) in [6.45, 7) is 0. The van der Waals surface area contributed by atoms with E-state index in [0.717, 1.165) is 11.1 Å². The minimum Gasteiger partial charge on any atom is -0.323 e. The third-order valence-corrected chi connectivity index (χ3v) is 2.85. The molecule has 0 unspecified atom stereocenters. The molecule has 0 fully saturated rings. The molecule has 16 heavy (non-hydrogen) atoms. The van der Waals surface area contributed by atoms with Gasteiger partial charge in [0.25, 0.3) is 0 Å². The average molecular weight is 239 g/mol. The number of aromatic nitrogens is 2. The van der Waals surface area contributed by atoms with Crippen LogP contribution in [0.3, 0.4) is 0 Å². The van der Waals surface area contributed by atoms with Crippen molar-refractivity contribution in [1.82, 2.24) is 9.13 Å². The summed E-state index contributed by atoms with van der Waals surface area (Å²) in [5.41, 5.74) is 2.12. The number of aryl methyl sites for hydroxylation is 2. The first-order chi connectivity index (χ1) is 7.56. The molecule has 2 aromatic rings. The molecular weight excluding hydrogens is 228 g/mol. The maximum absolute atomic E-state index is 11.7. The van der Waals surface area contributed by atoms with Crippen LogP contribution in [0.25, 0.3) is 11.0 Å². The van der Waals surface area contributed by atoms with E-state index in [2.05, 4.69) is 5.10 Å². The minimum atomic E-state index is -0.112. The Morgan fingerprint density at radius 2 is 2.06 bits per heavy atom. The van der Waals surface area contributed by atoms with Gasteiger partial charge < -0.3 is 5.84 Å². The van der Waals surface area contributed by atoms with Gasteiger partial charge in [-0.1, -0.05) is 11.6 Å². The predicted molar refractivity (Wildman–Crippen MR) is 65.0 cm³/mol. The zero-order valence-electron chi connectivity index (χ0n) is 8.94. The van der Waals surface area contributed by atoms with Crippen molar-refractivity contribution in [1.29, 1.82) is 0 Å². The van der Waals surface area contributed by atoms with Gasteiger partial charge in [-0.05, 0) is 17.7 Å². The third kappa shape index (κ3) is 1.40. The molecule has 0 aliphatic heterocycles. The number of imidazole rings is 1. The molecule has 84 valence electrons. The van der Waals surface area contributed by atoms with Crippen molar-refractivity contribution in [3.05, 3.63) is 33.2 Å². The van der Waals surface area contributed by atoms with Gasteiger partial charge in [0.15, 0.2) is 0 Å². The van der Waals surface area contributed by atoms with Crippen LogP contribution in [0.5, 0.6) is 0 Å². The van der Waals surface area contributed by atoms with Crippen LogP contribution in [0.15, 0.2) is 22.0 Å². The van der Waals surface area contributed by atoms with E-state index in [4.69, 9.17) is 17.4 Å². The lowest BCUT2D eigenvalue weighted by Crippen LogP contribution is -2.19. The molecule has 0 saturated heterocycles. The molecule has 0 bridgehead atoms. The van der Waals surface area contributed by atoms with Gasteiger partial charge in [0.2, 0.25) is 0 Å². The Bertz CT molecular complexity index is 638. The molecule has 0 atom stereocenters. The Hall–Kier alpha value is -1.75. The summed E-state index contributed by atoms with van der Waals surface area (Å²) in [6.07, 6.45) is 1.49. The number of nitrogens with zero attached hydrogens (tertiary/aromatic N) is 3. The van der Waals surface area contributed by atoms with Gasteiger partial charge in [-0.15, -0.1) is 0 Å². The SMILES string of the molecule is Cn1c(=O)n(C)c2c(Cl)cc(C=NN)cc21. The van der Waals surface area contributed by atoms with Crippen molar-refractivity contribution in [2.45, 2.75) is 0 Å². The summed E-state index contributed by atoms with van der Waals surface area (Å²) >= 11 is 6.11. The topological polar surface area (TPSA) is 65.3 Å². The smallest absolute Gasteiger partial charge is 0.323 e. The molecule has 0 radical (unpaired) electrons. The van der Waals surface area contributed by atoms with Gasteiger partial charge >= 0.3 is 5.69 Å². The lowest BCUT2D eigenvalue weighted by molar-refractivity contribution is 0.795. The summed E-state index contributed by atoms with van der Waals surface area (Å²) in [6, 6.07) is 3.54. The number of hydrogen-bond donors (Lipinski definition) is 1. The molecule has 0 amide bonds. The molecule has 2 N–H and O–H groups in total. The average Bonchev–Trinajstić information content (AvgIpc) is 2.45. The molecule has 2 rings (SSSR count). The summed E-state index contributed by atoms with van der Waals surface area (Å²) < 4.78 is 3.05. The highest BCUT2D eigenvalue weighted by atomic mass is 35.5. The molecule has 1 aromatic heterocycles. The van der Waals surface area contributed by atoms with Crippen molar-refractivity contribution in [3.8, 4) is 0 Å². The molecule has 0 aliphatic rings. The Kier molecular flexibility index (Phi) is 2.47.